The van der Waals surface area contributed by atoms with Gasteiger partial charge in [-0.3, -0.25) is 4.79 Å². The van der Waals surface area contributed by atoms with Crippen LogP contribution >= 0.6 is 11.6 Å². The maximum Gasteiger partial charge on any atom is 0.387 e. The Kier molecular flexibility index (Phi) is 8.17. The largest absolute Gasteiger partial charge is 0.493 e. The molecule has 0 N–H and O–H groups in total. The van der Waals surface area contributed by atoms with Crippen LogP contribution < -0.4 is 14.2 Å². The van der Waals surface area contributed by atoms with Crippen LogP contribution in [0.2, 0.25) is 5.02 Å². The summed E-state index contributed by atoms with van der Waals surface area (Å²) in [4.78, 5) is 24.2. The molecule has 0 spiro atoms. The van der Waals surface area contributed by atoms with Gasteiger partial charge in [0.25, 0.3) is 0 Å². The van der Waals surface area contributed by atoms with Gasteiger partial charge in [0.15, 0.2) is 18.1 Å². The number of hydrogen-bond acceptors (Lipinski definition) is 6. The van der Waals surface area contributed by atoms with E-state index in [0.29, 0.717) is 22.6 Å². The fraction of sp³-hybridized carbons (Fsp3) is 0.238. The molecule has 6 nitrogen and oxygen atoms in total. The summed E-state index contributed by atoms with van der Waals surface area (Å²) in [5, 5.41) is 0.283. The number of ketones is 1. The molecule has 0 heterocycles. The Balaban J connectivity index is 2.05. The minimum absolute atomic E-state index is 0.0984. The van der Waals surface area contributed by atoms with Crippen molar-refractivity contribution in [2.24, 2.45) is 0 Å². The van der Waals surface area contributed by atoms with Crippen molar-refractivity contribution >= 4 is 29.4 Å². The van der Waals surface area contributed by atoms with Crippen molar-refractivity contribution in [2.45, 2.75) is 13.5 Å². The van der Waals surface area contributed by atoms with Gasteiger partial charge in [0.1, 0.15) is 5.75 Å². The molecule has 0 unspecified atom stereocenters. The number of carbonyl (C=O) groups excluding carboxylic acids is 2. The van der Waals surface area contributed by atoms with E-state index in [1.807, 2.05) is 0 Å². The number of Topliss-reactive ketones (excluding diaryl/α,β-unsaturated/α-hetero) is 1. The molecule has 0 radical (unpaired) electrons. The van der Waals surface area contributed by atoms with E-state index in [4.69, 9.17) is 25.8 Å². The van der Waals surface area contributed by atoms with E-state index in [2.05, 4.69) is 4.74 Å². The number of benzene rings is 2. The molecule has 30 heavy (non-hydrogen) atoms. The lowest BCUT2D eigenvalue weighted by Gasteiger charge is -2.11. The van der Waals surface area contributed by atoms with Crippen LogP contribution in [0.5, 0.6) is 17.2 Å². The van der Waals surface area contributed by atoms with Gasteiger partial charge in [-0.2, -0.15) is 8.78 Å². The average Bonchev–Trinajstić information content (AvgIpc) is 2.70. The maximum atomic E-state index is 12.5. The molecule has 0 aliphatic rings. The zero-order chi connectivity index (χ0) is 22.3. The number of methoxy groups -OCH3 is 2. The summed E-state index contributed by atoms with van der Waals surface area (Å²) in [6.07, 6.45) is 2.51. The predicted octanol–water partition coefficient (Wildman–Crippen LogP) is 4.71. The van der Waals surface area contributed by atoms with Crippen molar-refractivity contribution in [3.63, 3.8) is 0 Å². The second-order valence-electron chi connectivity index (χ2n) is 5.98. The minimum Gasteiger partial charge on any atom is -0.493 e. The van der Waals surface area contributed by atoms with Gasteiger partial charge in [-0.25, -0.2) is 4.79 Å². The van der Waals surface area contributed by atoms with E-state index in [1.54, 1.807) is 19.1 Å². The molecule has 0 fully saturated rings. The van der Waals surface area contributed by atoms with Gasteiger partial charge in [-0.05, 0) is 42.8 Å². The molecule has 0 saturated heterocycles. The summed E-state index contributed by atoms with van der Waals surface area (Å²) in [6.45, 7) is -2.04. The van der Waals surface area contributed by atoms with E-state index in [1.165, 1.54) is 38.5 Å². The number of hydrogen-bond donors (Lipinski definition) is 0. The number of esters is 1. The first-order valence-corrected chi connectivity index (χ1v) is 8.98. The fourth-order valence-electron chi connectivity index (χ4n) is 2.52. The monoisotopic (exact) mass is 440 g/mol. The number of ether oxygens (including phenoxy) is 4. The Bertz CT molecular complexity index is 959. The SMILES string of the molecule is COc1cc(/C=C/C(=O)OCC(=O)c2cc(C)ccc2OC(F)F)cc(Cl)c1OC. The quantitative estimate of drug-likeness (QED) is 0.319. The third kappa shape index (κ3) is 6.18. The summed E-state index contributed by atoms with van der Waals surface area (Å²) >= 11 is 6.10. The van der Waals surface area contributed by atoms with E-state index >= 15 is 0 Å². The lowest BCUT2D eigenvalue weighted by Crippen LogP contribution is -2.15. The van der Waals surface area contributed by atoms with Crippen molar-refractivity contribution in [1.82, 2.24) is 0 Å². The van der Waals surface area contributed by atoms with Crippen LogP contribution in [0.15, 0.2) is 36.4 Å². The molecule has 9 heteroatoms. The Hall–Kier alpha value is -3.13. The van der Waals surface area contributed by atoms with Gasteiger partial charge < -0.3 is 18.9 Å². The second kappa shape index (κ2) is 10.6. The van der Waals surface area contributed by atoms with Gasteiger partial charge in [-0.15, -0.1) is 0 Å². The van der Waals surface area contributed by atoms with Crippen molar-refractivity contribution < 1.29 is 37.3 Å². The molecule has 0 aliphatic heterocycles. The first kappa shape index (κ1) is 23.2. The molecule has 2 aromatic carbocycles. The highest BCUT2D eigenvalue weighted by atomic mass is 35.5. The van der Waals surface area contributed by atoms with Gasteiger partial charge in [0, 0.05) is 6.08 Å². The lowest BCUT2D eigenvalue weighted by molar-refractivity contribution is -0.136. The summed E-state index contributed by atoms with van der Waals surface area (Å²) in [5.74, 6) is -1.04. The predicted molar refractivity (Wildman–Crippen MR) is 107 cm³/mol. The van der Waals surface area contributed by atoms with Crippen LogP contribution in [0.1, 0.15) is 21.5 Å². The van der Waals surface area contributed by atoms with Crippen molar-refractivity contribution in [3.05, 3.63) is 58.1 Å². The van der Waals surface area contributed by atoms with E-state index in [-0.39, 0.29) is 16.3 Å². The lowest BCUT2D eigenvalue weighted by atomic mass is 10.1. The highest BCUT2D eigenvalue weighted by Crippen LogP contribution is 2.36. The zero-order valence-corrected chi connectivity index (χ0v) is 17.2. The normalized spacial score (nSPS) is 10.9. The minimum atomic E-state index is -3.09. The number of alkyl halides is 2. The van der Waals surface area contributed by atoms with Crippen molar-refractivity contribution in [2.75, 3.05) is 20.8 Å². The van der Waals surface area contributed by atoms with Crippen LogP contribution in [-0.2, 0) is 9.53 Å². The van der Waals surface area contributed by atoms with E-state index < -0.39 is 25.0 Å². The van der Waals surface area contributed by atoms with Crippen LogP contribution in [-0.4, -0.2) is 39.2 Å². The van der Waals surface area contributed by atoms with Crippen LogP contribution in [0, 0.1) is 6.92 Å². The molecule has 0 atom stereocenters. The number of halogens is 3. The summed E-state index contributed by atoms with van der Waals surface area (Å²) < 4.78 is 44.6. The van der Waals surface area contributed by atoms with Crippen LogP contribution in [0.4, 0.5) is 8.78 Å². The Morgan fingerprint density at radius 3 is 2.47 bits per heavy atom. The molecule has 2 aromatic rings. The number of rotatable bonds is 9. The highest BCUT2D eigenvalue weighted by Gasteiger charge is 2.17. The van der Waals surface area contributed by atoms with Gasteiger partial charge >= 0.3 is 12.6 Å². The fourth-order valence-corrected chi connectivity index (χ4v) is 2.82. The second-order valence-corrected chi connectivity index (χ2v) is 6.39. The summed E-state index contributed by atoms with van der Waals surface area (Å²) in [5.41, 5.74) is 1.10. The van der Waals surface area contributed by atoms with Crippen LogP contribution in [0.25, 0.3) is 6.08 Å². The molecule has 0 saturated carbocycles. The highest BCUT2D eigenvalue weighted by molar-refractivity contribution is 6.32. The number of aryl methyl sites for hydroxylation is 1. The first-order valence-electron chi connectivity index (χ1n) is 8.60. The summed E-state index contributed by atoms with van der Waals surface area (Å²) in [6, 6.07) is 7.32. The molecule has 0 amide bonds. The third-order valence-electron chi connectivity index (χ3n) is 3.86. The molecule has 2 rings (SSSR count). The topological polar surface area (TPSA) is 71.1 Å². The average molecular weight is 441 g/mol. The zero-order valence-electron chi connectivity index (χ0n) is 16.4. The standard InChI is InChI=1S/C21H19ClF2O6/c1-12-4-6-17(30-21(23)24)14(8-12)16(25)11-29-19(26)7-5-13-9-15(22)20(28-3)18(10-13)27-2/h4-10,21H,11H2,1-3H3/b7-5+. The molecule has 0 bridgehead atoms. The van der Waals surface area contributed by atoms with Crippen molar-refractivity contribution in [3.8, 4) is 17.2 Å². The molecule has 0 aliphatic carbocycles. The maximum absolute atomic E-state index is 12.5. The molecule has 160 valence electrons. The molecular formula is C21H19ClF2O6. The Morgan fingerprint density at radius 2 is 1.83 bits per heavy atom. The van der Waals surface area contributed by atoms with Gasteiger partial charge in [-0.1, -0.05) is 23.2 Å². The summed E-state index contributed by atoms with van der Waals surface area (Å²) in [7, 11) is 2.89. The van der Waals surface area contributed by atoms with Crippen LogP contribution in [0.3, 0.4) is 0 Å². The Morgan fingerprint density at radius 1 is 1.10 bits per heavy atom. The van der Waals surface area contributed by atoms with E-state index in [0.717, 1.165) is 6.08 Å². The van der Waals surface area contributed by atoms with E-state index in [9.17, 15) is 18.4 Å². The Labute approximate surface area is 176 Å². The molecule has 0 aromatic heterocycles. The first-order chi connectivity index (χ1) is 14.2. The third-order valence-corrected chi connectivity index (χ3v) is 4.15. The smallest absolute Gasteiger partial charge is 0.387 e. The number of carbonyl (C=O) groups is 2. The van der Waals surface area contributed by atoms with Gasteiger partial charge in [0.05, 0.1) is 24.8 Å². The molecular weight excluding hydrogens is 422 g/mol. The van der Waals surface area contributed by atoms with Gasteiger partial charge in [0.2, 0.25) is 5.78 Å². The van der Waals surface area contributed by atoms with Crippen molar-refractivity contribution in [1.29, 1.82) is 0 Å².